The third-order valence-electron chi connectivity index (χ3n) is 15.1. The van der Waals surface area contributed by atoms with E-state index in [1.165, 1.54) is 81.6 Å². The van der Waals surface area contributed by atoms with Crippen LogP contribution in [0.3, 0.4) is 0 Å². The van der Waals surface area contributed by atoms with Crippen LogP contribution in [0.25, 0.3) is 33.4 Å². The monoisotopic (exact) mass is 779 g/mol. The third-order valence-corrected chi connectivity index (χ3v) is 29.8. The van der Waals surface area contributed by atoms with Crippen LogP contribution in [0.4, 0.5) is 17.1 Å². The second-order valence-corrected chi connectivity index (χ2v) is 27.9. The van der Waals surface area contributed by atoms with E-state index in [0.29, 0.717) is 0 Å². The molecule has 0 aliphatic carbocycles. The first-order valence-electron chi connectivity index (χ1n) is 20.6. The Morgan fingerprint density at radius 1 is 0.190 bits per heavy atom. The molecule has 0 unspecified atom stereocenters. The maximum atomic E-state index is 2.85. The van der Waals surface area contributed by atoms with Gasteiger partial charge in [0.2, 0.25) is 0 Å². The van der Waals surface area contributed by atoms with Crippen molar-refractivity contribution in [1.29, 1.82) is 0 Å². The maximum absolute atomic E-state index is 2.88. The van der Waals surface area contributed by atoms with Crippen LogP contribution in [0.5, 0.6) is 0 Å². The number of para-hydroxylation sites is 3. The first-order valence-corrected chi connectivity index (χ1v) is 26.6. The smallest absolute Gasteiger partial charge is 0.185 e. The van der Waals surface area contributed by atoms with Crippen molar-refractivity contribution in [1.82, 2.24) is 0 Å². The molecule has 15 rings (SSSR count). The van der Waals surface area contributed by atoms with Crippen molar-refractivity contribution in [2.24, 2.45) is 0 Å². The Kier molecular flexibility index (Phi) is 5.32. The van der Waals surface area contributed by atoms with Crippen LogP contribution in [0, 0.1) is 0 Å². The molecule has 0 atom stereocenters. The van der Waals surface area contributed by atoms with Gasteiger partial charge in [0.1, 0.15) is 0 Å². The fourth-order valence-electron chi connectivity index (χ4n) is 13.4. The van der Waals surface area contributed by atoms with Crippen molar-refractivity contribution in [3.05, 3.63) is 200 Å². The van der Waals surface area contributed by atoms with Crippen molar-refractivity contribution in [3.8, 4) is 33.4 Å². The fraction of sp³-hybridized carbons (Fsp3) is 0. The highest BCUT2D eigenvalue weighted by atomic mass is 28.3. The highest BCUT2D eigenvalue weighted by Gasteiger charge is 2.65. The van der Waals surface area contributed by atoms with E-state index in [1.54, 1.807) is 31.1 Å². The van der Waals surface area contributed by atoms with Gasteiger partial charge < -0.3 is 4.90 Å². The fourth-order valence-corrected chi connectivity index (χ4v) is 30.5. The Labute approximate surface area is 340 Å². The van der Waals surface area contributed by atoms with Crippen LogP contribution < -0.4 is 67.1 Å². The Morgan fingerprint density at radius 2 is 0.362 bits per heavy atom. The van der Waals surface area contributed by atoms with E-state index in [0.717, 1.165) is 0 Å². The minimum atomic E-state index is -2.88. The first-order chi connectivity index (χ1) is 28.8. The zero-order chi connectivity index (χ0) is 37.5. The van der Waals surface area contributed by atoms with E-state index in [1.807, 2.05) is 0 Å². The largest absolute Gasteiger partial charge is 0.311 e. The summed E-state index contributed by atoms with van der Waals surface area (Å²) >= 11 is 0. The number of anilines is 3. The molecule has 1 nitrogen and oxygen atoms in total. The van der Waals surface area contributed by atoms with Gasteiger partial charge in [-0.05, 0) is 95.6 Å². The highest BCUT2D eigenvalue weighted by molar-refractivity contribution is 7.29. The van der Waals surface area contributed by atoms with E-state index in [9.17, 15) is 0 Å². The van der Waals surface area contributed by atoms with Crippen molar-refractivity contribution in [2.75, 3.05) is 4.90 Å². The molecule has 0 N–H and O–H groups in total. The summed E-state index contributed by atoms with van der Waals surface area (Å²) in [6.45, 7) is 0. The van der Waals surface area contributed by atoms with Gasteiger partial charge >= 0.3 is 0 Å². The highest BCUT2D eigenvalue weighted by Crippen LogP contribution is 2.48. The molecule has 0 amide bonds. The van der Waals surface area contributed by atoms with Gasteiger partial charge in [0.25, 0.3) is 0 Å². The zero-order valence-corrected chi connectivity index (χ0v) is 34.5. The second-order valence-electron chi connectivity index (χ2n) is 17.0. The molecule has 0 fully saturated rings. The summed E-state index contributed by atoms with van der Waals surface area (Å²) in [5.41, 5.74) is 12.9. The molecule has 0 radical (unpaired) electrons. The summed E-state index contributed by atoms with van der Waals surface area (Å²) in [6.07, 6.45) is 0. The lowest BCUT2D eigenvalue weighted by atomic mass is 10.1. The number of rotatable bonds is 0. The lowest BCUT2D eigenvalue weighted by Crippen LogP contribution is -2.85. The average molecular weight is 780 g/mol. The molecule has 6 heterocycles. The number of nitrogens with zero attached hydrogens (tertiary/aromatic N) is 1. The van der Waals surface area contributed by atoms with Crippen LogP contribution in [0.15, 0.2) is 200 Å². The first kappa shape index (κ1) is 30.6. The summed E-state index contributed by atoms with van der Waals surface area (Å²) in [6, 6.07) is 79.5. The van der Waals surface area contributed by atoms with E-state index >= 15 is 0 Å². The molecule has 9 aromatic rings. The standard InChI is InChI=1S/C54H33NSi3/c1-7-22-40-34(16-1)35-17-2-8-23-41(35)56(40)46-28-13-30-48-52(46)55-53-47(56)29-14-31-49(53)58(44-26-11-5-20-38(44)39-21-6-12-27-45(39)58)51-33-15-32-50(54(51)55)57(48)42-24-9-3-18-36(42)37-19-4-10-25-43(37)57/h1-33H. The number of benzene rings is 9. The van der Waals surface area contributed by atoms with Crippen molar-refractivity contribution in [2.45, 2.75) is 0 Å². The molecule has 0 saturated heterocycles. The lowest BCUT2D eigenvalue weighted by Gasteiger charge is -2.56. The predicted molar refractivity (Wildman–Crippen MR) is 250 cm³/mol. The molecule has 0 saturated carbocycles. The molecule has 0 aromatic heterocycles. The number of hydrogen-bond donors (Lipinski definition) is 0. The van der Waals surface area contributed by atoms with Gasteiger partial charge in [0.15, 0.2) is 24.2 Å². The minimum Gasteiger partial charge on any atom is -0.311 e. The lowest BCUT2D eigenvalue weighted by molar-refractivity contribution is 1.30. The molecule has 3 spiro atoms. The predicted octanol–water partition coefficient (Wildman–Crippen LogP) is 4.17. The van der Waals surface area contributed by atoms with Crippen LogP contribution in [-0.2, 0) is 0 Å². The zero-order valence-electron chi connectivity index (χ0n) is 31.5. The van der Waals surface area contributed by atoms with Gasteiger partial charge in [-0.15, -0.1) is 0 Å². The summed E-state index contributed by atoms with van der Waals surface area (Å²) < 4.78 is 0. The molecular formula is C54H33NSi3. The van der Waals surface area contributed by atoms with Gasteiger partial charge in [-0.2, -0.15) is 0 Å². The quantitative estimate of drug-likeness (QED) is 0.209. The summed E-state index contributed by atoms with van der Waals surface area (Å²) in [7, 11) is -8.64. The molecule has 58 heavy (non-hydrogen) atoms. The Hall–Kier alpha value is -6.57. The maximum Gasteiger partial charge on any atom is 0.185 e. The Morgan fingerprint density at radius 3 is 0.569 bits per heavy atom. The summed E-state index contributed by atoms with van der Waals surface area (Å²) in [4.78, 5) is 2.85. The van der Waals surface area contributed by atoms with Crippen molar-refractivity contribution in [3.63, 3.8) is 0 Å². The normalized spacial score (nSPS) is 16.7. The van der Waals surface area contributed by atoms with Gasteiger partial charge in [-0.3, -0.25) is 0 Å². The van der Waals surface area contributed by atoms with Gasteiger partial charge in [0, 0.05) is 17.1 Å². The van der Waals surface area contributed by atoms with E-state index < -0.39 is 24.2 Å². The average Bonchev–Trinajstić information content (AvgIpc) is 3.87. The summed E-state index contributed by atoms with van der Waals surface area (Å²) in [5.74, 6) is 0. The number of fused-ring (bicyclic) bond motifs is 21. The van der Waals surface area contributed by atoms with Gasteiger partial charge in [-0.1, -0.05) is 200 Å². The van der Waals surface area contributed by atoms with E-state index in [4.69, 9.17) is 0 Å². The molecule has 4 heteroatoms. The van der Waals surface area contributed by atoms with Gasteiger partial charge in [-0.25, -0.2) is 0 Å². The van der Waals surface area contributed by atoms with Crippen LogP contribution >= 0.6 is 0 Å². The van der Waals surface area contributed by atoms with Crippen LogP contribution in [-0.4, -0.2) is 24.2 Å². The molecule has 0 bridgehead atoms. The minimum absolute atomic E-state index is 1.41. The van der Waals surface area contributed by atoms with Crippen LogP contribution in [0.2, 0.25) is 0 Å². The van der Waals surface area contributed by atoms with E-state index in [-0.39, 0.29) is 0 Å². The third kappa shape index (κ3) is 2.97. The topological polar surface area (TPSA) is 3.24 Å². The molecule has 6 aliphatic heterocycles. The molecular weight excluding hydrogens is 747 g/mol. The Balaban J connectivity index is 1.23. The van der Waals surface area contributed by atoms with E-state index in [2.05, 4.69) is 205 Å². The molecule has 6 aliphatic rings. The van der Waals surface area contributed by atoms with Crippen LogP contribution in [0.1, 0.15) is 0 Å². The molecule has 266 valence electrons. The summed E-state index contributed by atoms with van der Waals surface area (Å²) in [5, 5.41) is 18.5. The Bertz CT molecular complexity index is 2830. The van der Waals surface area contributed by atoms with Gasteiger partial charge in [0.05, 0.1) is 0 Å². The van der Waals surface area contributed by atoms with Crippen molar-refractivity contribution < 1.29 is 0 Å². The molecule has 9 aromatic carbocycles. The van der Waals surface area contributed by atoms with Crippen molar-refractivity contribution >= 4 is 104 Å². The number of hydrogen-bond acceptors (Lipinski definition) is 1. The SMILES string of the molecule is c1ccc2c(c1)-c1ccccc1[Si]21c2cccc3c2N2c4c1cccc4[Si]1(c4ccccc4-c4ccccc41)c1cccc(c12)[Si]31c2ccccc2-c2ccccc21. The second kappa shape index (κ2) is 10.1.